The van der Waals surface area contributed by atoms with Crippen LogP contribution in [0.2, 0.25) is 0 Å². The van der Waals surface area contributed by atoms with Gasteiger partial charge in [-0.25, -0.2) is 0 Å². The summed E-state index contributed by atoms with van der Waals surface area (Å²) in [6.45, 7) is 0. The predicted molar refractivity (Wildman–Crippen MR) is 124 cm³/mol. The molecule has 1 aliphatic heterocycles. The topological polar surface area (TPSA) is 96.2 Å². The minimum absolute atomic E-state index is 0.0768. The lowest BCUT2D eigenvalue weighted by molar-refractivity contribution is -0.110. The second-order valence-electron chi connectivity index (χ2n) is 7.81. The first-order chi connectivity index (χ1) is 15.1. The molecule has 5 rings (SSSR count). The van der Waals surface area contributed by atoms with E-state index in [2.05, 4.69) is 16.0 Å². The fraction of sp³-hybridized carbons (Fsp3) is 0.120. The van der Waals surface area contributed by atoms with Gasteiger partial charge in [-0.2, -0.15) is 0 Å². The highest BCUT2D eigenvalue weighted by molar-refractivity contribution is 6.32. The first kappa shape index (κ1) is 18.9. The molecule has 0 aromatic heterocycles. The van der Waals surface area contributed by atoms with Gasteiger partial charge in [-0.05, 0) is 61.2 Å². The Morgan fingerprint density at radius 2 is 1.61 bits per heavy atom. The molecule has 1 fully saturated rings. The molecule has 1 aliphatic carbocycles. The van der Waals surface area contributed by atoms with Crippen molar-refractivity contribution in [3.63, 3.8) is 0 Å². The summed E-state index contributed by atoms with van der Waals surface area (Å²) in [5.74, 6) is 0.0392. The third-order valence-corrected chi connectivity index (χ3v) is 5.56. The van der Waals surface area contributed by atoms with Crippen LogP contribution in [0.25, 0.3) is 5.57 Å². The molecular formula is C25H22N4O2. The summed E-state index contributed by atoms with van der Waals surface area (Å²) in [4.78, 5) is 25.2. The van der Waals surface area contributed by atoms with E-state index in [-0.39, 0.29) is 11.8 Å². The lowest BCUT2D eigenvalue weighted by atomic mass is 10.0. The maximum atomic E-state index is 12.7. The van der Waals surface area contributed by atoms with E-state index in [1.807, 2.05) is 48.5 Å². The summed E-state index contributed by atoms with van der Waals surface area (Å²) in [7, 11) is 0. The maximum absolute atomic E-state index is 12.7. The number of hydrogen-bond donors (Lipinski definition) is 4. The molecular weight excluding hydrogens is 388 g/mol. The van der Waals surface area contributed by atoms with Gasteiger partial charge in [-0.1, -0.05) is 30.3 Å². The molecule has 31 heavy (non-hydrogen) atoms. The van der Waals surface area contributed by atoms with Crippen molar-refractivity contribution < 1.29 is 9.59 Å². The van der Waals surface area contributed by atoms with Gasteiger partial charge in [0.25, 0.3) is 11.8 Å². The minimum Gasteiger partial charge on any atom is -0.397 e. The Labute approximate surface area is 180 Å². The largest absolute Gasteiger partial charge is 0.397 e. The molecule has 0 unspecified atom stereocenters. The van der Waals surface area contributed by atoms with Crippen LogP contribution in [0.3, 0.4) is 0 Å². The van der Waals surface area contributed by atoms with Gasteiger partial charge in [0.05, 0.1) is 16.9 Å². The summed E-state index contributed by atoms with van der Waals surface area (Å²) in [6, 6.07) is 22.1. The zero-order valence-electron chi connectivity index (χ0n) is 16.8. The summed E-state index contributed by atoms with van der Waals surface area (Å²) in [5.41, 5.74) is 11.8. The highest BCUT2D eigenvalue weighted by Crippen LogP contribution is 2.44. The van der Waals surface area contributed by atoms with Crippen LogP contribution in [0.4, 0.5) is 22.7 Å². The molecule has 0 bridgehead atoms. The Balaban J connectivity index is 1.38. The van der Waals surface area contributed by atoms with E-state index in [1.165, 1.54) is 0 Å². The number of para-hydroxylation sites is 3. The number of amides is 2. The fourth-order valence-corrected chi connectivity index (χ4v) is 3.79. The Kier molecular flexibility index (Phi) is 4.67. The van der Waals surface area contributed by atoms with E-state index in [0.29, 0.717) is 28.4 Å². The molecule has 5 N–H and O–H groups in total. The highest BCUT2D eigenvalue weighted by atomic mass is 16.2. The van der Waals surface area contributed by atoms with Crippen LogP contribution < -0.4 is 21.7 Å². The van der Waals surface area contributed by atoms with E-state index in [0.717, 1.165) is 35.5 Å². The van der Waals surface area contributed by atoms with Crippen LogP contribution in [-0.2, 0) is 4.79 Å². The van der Waals surface area contributed by atoms with Crippen molar-refractivity contribution in [3.8, 4) is 0 Å². The number of nitrogens with one attached hydrogen (secondary N) is 3. The number of carbonyl (C=O) groups is 2. The van der Waals surface area contributed by atoms with Crippen molar-refractivity contribution in [2.45, 2.75) is 12.8 Å². The maximum Gasteiger partial charge on any atom is 0.258 e. The second kappa shape index (κ2) is 7.65. The third-order valence-electron chi connectivity index (χ3n) is 5.56. The molecule has 0 spiro atoms. The molecule has 2 amide bonds. The molecule has 6 heteroatoms. The minimum atomic E-state index is -0.227. The second-order valence-corrected chi connectivity index (χ2v) is 7.81. The SMILES string of the molecule is Nc1ccccc1NC(=O)c1ccc(N/C(=C2\C(=O)Nc3ccccc32)C2CC2)cc1. The Hall–Kier alpha value is -4.06. The molecule has 2 aliphatic rings. The van der Waals surface area contributed by atoms with Gasteiger partial charge in [0.1, 0.15) is 0 Å². The number of carbonyl (C=O) groups excluding carboxylic acids is 2. The van der Waals surface area contributed by atoms with E-state index >= 15 is 0 Å². The normalized spacial score (nSPS) is 16.3. The zero-order chi connectivity index (χ0) is 21.4. The molecule has 0 atom stereocenters. The van der Waals surface area contributed by atoms with Gasteiger partial charge in [0.15, 0.2) is 0 Å². The first-order valence-electron chi connectivity index (χ1n) is 10.3. The van der Waals surface area contributed by atoms with Crippen molar-refractivity contribution in [1.82, 2.24) is 0 Å². The zero-order valence-corrected chi connectivity index (χ0v) is 16.8. The average molecular weight is 410 g/mol. The van der Waals surface area contributed by atoms with Crippen LogP contribution in [0.5, 0.6) is 0 Å². The summed E-state index contributed by atoms with van der Waals surface area (Å²) in [6.07, 6.45) is 2.11. The number of rotatable bonds is 5. The average Bonchev–Trinajstić information content (AvgIpc) is 3.56. The summed E-state index contributed by atoms with van der Waals surface area (Å²) >= 11 is 0. The molecule has 3 aromatic rings. The van der Waals surface area contributed by atoms with E-state index < -0.39 is 0 Å². The van der Waals surface area contributed by atoms with E-state index in [4.69, 9.17) is 5.73 Å². The number of benzene rings is 3. The van der Waals surface area contributed by atoms with Gasteiger partial charge in [-0.15, -0.1) is 0 Å². The molecule has 3 aromatic carbocycles. The van der Waals surface area contributed by atoms with Crippen LogP contribution in [-0.4, -0.2) is 11.8 Å². The van der Waals surface area contributed by atoms with Crippen LogP contribution in [0.1, 0.15) is 28.8 Å². The molecule has 0 saturated heterocycles. The van der Waals surface area contributed by atoms with Crippen LogP contribution in [0, 0.1) is 5.92 Å². The number of allylic oxidation sites excluding steroid dienone is 1. The standard InChI is InChI=1S/C25H22N4O2/c26-19-6-2-4-8-21(19)29-24(30)16-11-13-17(14-12-16)27-23(15-9-10-15)22-18-5-1-3-7-20(18)28-25(22)31/h1-8,11-15,27H,9-10,26H2,(H,28,31)(H,29,30)/b23-22-. The predicted octanol–water partition coefficient (Wildman–Crippen LogP) is 4.71. The Morgan fingerprint density at radius 3 is 2.35 bits per heavy atom. The van der Waals surface area contributed by atoms with Gasteiger partial charge in [0.2, 0.25) is 0 Å². The number of nitrogen functional groups attached to an aromatic ring is 1. The van der Waals surface area contributed by atoms with Crippen LogP contribution in [0.15, 0.2) is 78.5 Å². The summed E-state index contributed by atoms with van der Waals surface area (Å²) in [5, 5.41) is 9.22. The third kappa shape index (κ3) is 3.75. The van der Waals surface area contributed by atoms with E-state index in [1.54, 1.807) is 24.3 Å². The molecule has 1 saturated carbocycles. The van der Waals surface area contributed by atoms with Gasteiger partial charge in [-0.3, -0.25) is 9.59 Å². The number of nitrogens with two attached hydrogens (primary N) is 1. The fourth-order valence-electron chi connectivity index (χ4n) is 3.79. The van der Waals surface area contributed by atoms with Crippen molar-refractivity contribution in [2.75, 3.05) is 21.7 Å². The quantitative estimate of drug-likeness (QED) is 0.362. The van der Waals surface area contributed by atoms with Gasteiger partial charge >= 0.3 is 0 Å². The highest BCUT2D eigenvalue weighted by Gasteiger charge is 2.35. The molecule has 6 nitrogen and oxygen atoms in total. The van der Waals surface area contributed by atoms with Gasteiger partial charge in [0, 0.05) is 28.2 Å². The number of fused-ring (bicyclic) bond motifs is 1. The lowest BCUT2D eigenvalue weighted by Gasteiger charge is -2.14. The molecule has 1 heterocycles. The molecule has 154 valence electrons. The Morgan fingerprint density at radius 1 is 0.903 bits per heavy atom. The van der Waals surface area contributed by atoms with Crippen molar-refractivity contribution in [3.05, 3.63) is 89.6 Å². The van der Waals surface area contributed by atoms with Crippen molar-refractivity contribution in [1.29, 1.82) is 0 Å². The van der Waals surface area contributed by atoms with Crippen molar-refractivity contribution >= 4 is 40.1 Å². The van der Waals surface area contributed by atoms with Crippen LogP contribution >= 0.6 is 0 Å². The summed E-state index contributed by atoms with van der Waals surface area (Å²) < 4.78 is 0. The first-order valence-corrected chi connectivity index (χ1v) is 10.3. The monoisotopic (exact) mass is 410 g/mol. The number of anilines is 4. The van der Waals surface area contributed by atoms with E-state index in [9.17, 15) is 9.59 Å². The Bertz CT molecular complexity index is 1210. The molecule has 0 radical (unpaired) electrons. The lowest BCUT2D eigenvalue weighted by Crippen LogP contribution is -2.14. The van der Waals surface area contributed by atoms with Gasteiger partial charge < -0.3 is 21.7 Å². The number of hydrogen-bond acceptors (Lipinski definition) is 4. The van der Waals surface area contributed by atoms with Crippen molar-refractivity contribution in [2.24, 2.45) is 5.92 Å². The smallest absolute Gasteiger partial charge is 0.258 e.